The Balaban J connectivity index is 1.75. The molecule has 17 nitrogen and oxygen atoms in total. The Kier molecular flexibility index (Phi) is 10.6. The van der Waals surface area contributed by atoms with Gasteiger partial charge >= 0.3 is 18.0 Å². The van der Waals surface area contributed by atoms with Gasteiger partial charge in [0.2, 0.25) is 5.91 Å². The number of anilines is 1. The number of hydrogen-bond acceptors (Lipinski definition) is 12. The Morgan fingerprint density at radius 2 is 1.61 bits per heavy atom. The van der Waals surface area contributed by atoms with Crippen molar-refractivity contribution in [1.29, 1.82) is 5.53 Å². The maximum Gasteiger partial charge on any atom is 0.363 e. The fraction of sp³-hybridized carbons (Fsp3) is 0.250. The molecule has 0 bridgehead atoms. The molecular formula is C32H31N7O10. The molecule has 4 amide bonds. The fourth-order valence-corrected chi connectivity index (χ4v) is 5.26. The molecule has 17 heteroatoms. The summed E-state index contributed by atoms with van der Waals surface area (Å²) in [5.41, 5.74) is 12.2. The van der Waals surface area contributed by atoms with E-state index in [-0.39, 0.29) is 35.1 Å². The quantitative estimate of drug-likeness (QED) is 0.0737. The normalized spacial score (nSPS) is 16.9. The molecule has 1 saturated heterocycles. The van der Waals surface area contributed by atoms with Crippen molar-refractivity contribution in [2.24, 2.45) is 10.8 Å². The molecule has 1 heterocycles. The maximum atomic E-state index is 14.1. The zero-order valence-corrected chi connectivity index (χ0v) is 26.2. The van der Waals surface area contributed by atoms with Gasteiger partial charge in [-0.2, -0.15) is 5.11 Å². The molecule has 1 fully saturated rings. The Labute approximate surface area is 278 Å². The average molecular weight is 674 g/mol. The number of non-ortho nitro benzene ring substituents is 1. The second-order valence-corrected chi connectivity index (χ2v) is 11.1. The van der Waals surface area contributed by atoms with Crippen molar-refractivity contribution in [2.75, 3.05) is 4.90 Å². The topological polar surface area (TPSA) is 247 Å². The molecule has 4 N–H and O–H groups in total. The number of urea groups is 1. The molecule has 0 saturated carbocycles. The summed E-state index contributed by atoms with van der Waals surface area (Å²) in [4.78, 5) is 97.2. The third kappa shape index (κ3) is 7.31. The molecule has 3 atom stereocenters. The number of rotatable bonds is 14. The van der Waals surface area contributed by atoms with Crippen molar-refractivity contribution in [3.8, 4) is 0 Å². The van der Waals surface area contributed by atoms with Crippen LogP contribution in [-0.4, -0.2) is 67.6 Å². The number of nitrogens with zero attached hydrogens (tertiary/aromatic N) is 5. The molecule has 1 aliphatic heterocycles. The molecular weight excluding hydrogens is 642 g/mol. The number of nitrogens with one attached hydrogen (secondary N) is 1. The summed E-state index contributed by atoms with van der Waals surface area (Å²) in [5, 5.41) is 23.9. The lowest BCUT2D eigenvalue weighted by atomic mass is 9.89. The standard InChI is InChI=1S/C32H31N7O10/c1-19(40)27(37(23-6-4-3-5-7-23)28(43)25(33)16-26(41)42)29(44)49-38-30(45)32(2,22-12-8-20(9-13-22)17-35-34)36(31(38)46)18-21-10-14-24(15-11-21)39(47)48/h3-15,25,27,34H,16-18,33H2,1-2H3,(H,41,42)/t25-,27-,32+/m0/s1. The molecule has 0 spiro atoms. The third-order valence-electron chi connectivity index (χ3n) is 7.84. The van der Waals surface area contributed by atoms with Crippen LogP contribution in [0.1, 0.15) is 37.0 Å². The van der Waals surface area contributed by atoms with Crippen LogP contribution in [0, 0.1) is 15.6 Å². The highest BCUT2D eigenvalue weighted by Gasteiger charge is 2.58. The van der Waals surface area contributed by atoms with E-state index in [2.05, 4.69) is 5.11 Å². The minimum Gasteiger partial charge on any atom is -0.481 e. The summed E-state index contributed by atoms with van der Waals surface area (Å²) >= 11 is 0. The van der Waals surface area contributed by atoms with E-state index in [1.165, 1.54) is 67.6 Å². The first-order chi connectivity index (χ1) is 23.2. The van der Waals surface area contributed by atoms with E-state index >= 15 is 0 Å². The SMILES string of the molecule is CC(=O)[C@@H](C(=O)ON1C(=O)N(Cc2ccc([N+](=O)[O-])cc2)[C@](C)(c2ccc(CN=N)cc2)C1=O)N(C(=O)[C@@H](N)CC(=O)O)c1ccccc1. The van der Waals surface area contributed by atoms with Gasteiger partial charge in [-0.25, -0.2) is 15.1 Å². The number of carboxylic acids is 1. The zero-order chi connectivity index (χ0) is 36.0. The second-order valence-electron chi connectivity index (χ2n) is 11.1. The van der Waals surface area contributed by atoms with Crippen LogP contribution in [0.3, 0.4) is 0 Å². The van der Waals surface area contributed by atoms with Crippen molar-refractivity contribution in [3.05, 3.63) is 106 Å². The first-order valence-electron chi connectivity index (χ1n) is 14.6. The van der Waals surface area contributed by atoms with Crippen molar-refractivity contribution < 1.29 is 43.6 Å². The van der Waals surface area contributed by atoms with Gasteiger partial charge in [0.1, 0.15) is 5.54 Å². The number of carbonyl (C=O) groups is 6. The van der Waals surface area contributed by atoms with E-state index in [1.54, 1.807) is 18.2 Å². The molecule has 0 aromatic heterocycles. The highest BCUT2D eigenvalue weighted by Crippen LogP contribution is 2.39. The van der Waals surface area contributed by atoms with Gasteiger partial charge < -0.3 is 15.7 Å². The molecule has 3 aromatic rings. The van der Waals surface area contributed by atoms with Crippen LogP contribution in [0.5, 0.6) is 0 Å². The van der Waals surface area contributed by atoms with Crippen LogP contribution in [0.4, 0.5) is 16.2 Å². The highest BCUT2D eigenvalue weighted by atomic mass is 16.7. The first-order valence-corrected chi connectivity index (χ1v) is 14.6. The largest absolute Gasteiger partial charge is 0.481 e. The van der Waals surface area contributed by atoms with E-state index in [4.69, 9.17) is 16.1 Å². The van der Waals surface area contributed by atoms with E-state index in [1.807, 2.05) is 0 Å². The Bertz CT molecular complexity index is 1800. The fourth-order valence-electron chi connectivity index (χ4n) is 5.26. The summed E-state index contributed by atoms with van der Waals surface area (Å²) in [6.07, 6.45) is -0.838. The van der Waals surface area contributed by atoms with Gasteiger partial charge in [-0.15, -0.1) is 0 Å². The number of para-hydroxylation sites is 1. The van der Waals surface area contributed by atoms with E-state index < -0.39 is 64.5 Å². The van der Waals surface area contributed by atoms with E-state index in [0.29, 0.717) is 16.0 Å². The summed E-state index contributed by atoms with van der Waals surface area (Å²) in [6.45, 7) is 2.12. The zero-order valence-electron chi connectivity index (χ0n) is 26.2. The second kappa shape index (κ2) is 14.6. The molecule has 3 aromatic carbocycles. The molecule has 0 radical (unpaired) electrons. The van der Waals surface area contributed by atoms with Gasteiger partial charge in [0, 0.05) is 24.4 Å². The number of aliphatic carboxylic acids is 1. The molecule has 49 heavy (non-hydrogen) atoms. The Morgan fingerprint density at radius 1 is 1.02 bits per heavy atom. The number of carbonyl (C=O) groups excluding carboxylic acids is 5. The van der Waals surface area contributed by atoms with Crippen molar-refractivity contribution in [1.82, 2.24) is 9.96 Å². The van der Waals surface area contributed by atoms with Crippen LogP contribution >= 0.6 is 0 Å². The monoisotopic (exact) mass is 673 g/mol. The predicted octanol–water partition coefficient (Wildman–Crippen LogP) is 3.06. The van der Waals surface area contributed by atoms with E-state index in [9.17, 15) is 44.0 Å². The predicted molar refractivity (Wildman–Crippen MR) is 168 cm³/mol. The number of ketones is 1. The first kappa shape index (κ1) is 35.5. The summed E-state index contributed by atoms with van der Waals surface area (Å²) < 4.78 is 0. The number of benzene rings is 3. The van der Waals surface area contributed by atoms with Gasteiger partial charge in [-0.1, -0.05) is 59.7 Å². The van der Waals surface area contributed by atoms with Crippen LogP contribution in [-0.2, 0) is 47.4 Å². The molecule has 0 unspecified atom stereocenters. The lowest BCUT2D eigenvalue weighted by Gasteiger charge is -2.32. The highest BCUT2D eigenvalue weighted by molar-refractivity contribution is 6.15. The number of nitro benzene ring substituents is 1. The Hall–Kier alpha value is -6.36. The number of nitro groups is 1. The molecule has 4 rings (SSSR count). The van der Waals surface area contributed by atoms with Gasteiger partial charge in [-0.05, 0) is 42.7 Å². The number of imide groups is 1. The molecule has 254 valence electrons. The number of hydrogen-bond donors (Lipinski definition) is 3. The maximum absolute atomic E-state index is 14.1. The summed E-state index contributed by atoms with van der Waals surface area (Å²) in [6, 6.07) is 13.8. The number of nitrogens with two attached hydrogens (primary N) is 1. The molecule has 1 aliphatic rings. The van der Waals surface area contributed by atoms with Gasteiger partial charge in [0.25, 0.3) is 11.6 Å². The third-order valence-corrected chi connectivity index (χ3v) is 7.84. The number of amides is 4. The van der Waals surface area contributed by atoms with E-state index in [0.717, 1.165) is 11.8 Å². The van der Waals surface area contributed by atoms with Gasteiger partial charge in [0.05, 0.1) is 23.9 Å². The van der Waals surface area contributed by atoms with Crippen LogP contribution in [0.15, 0.2) is 84.0 Å². The van der Waals surface area contributed by atoms with Gasteiger partial charge in [-0.3, -0.25) is 39.1 Å². The smallest absolute Gasteiger partial charge is 0.363 e. The lowest BCUT2D eigenvalue weighted by molar-refractivity contribution is -0.384. The number of Topliss-reactive ketones (excluding diaryl/α,β-unsaturated/α-hetero) is 1. The average Bonchev–Trinajstić information content (AvgIpc) is 3.24. The van der Waals surface area contributed by atoms with Crippen LogP contribution in [0.25, 0.3) is 0 Å². The summed E-state index contributed by atoms with van der Waals surface area (Å²) in [7, 11) is 0. The lowest BCUT2D eigenvalue weighted by Crippen LogP contribution is -2.56. The minimum atomic E-state index is -2.10. The molecule has 0 aliphatic carbocycles. The minimum absolute atomic E-state index is 0.0197. The van der Waals surface area contributed by atoms with Crippen LogP contribution < -0.4 is 10.6 Å². The van der Waals surface area contributed by atoms with Crippen molar-refractivity contribution >= 4 is 46.9 Å². The number of carboxylic acid groups (broad SMARTS) is 1. The van der Waals surface area contributed by atoms with Crippen molar-refractivity contribution in [2.45, 2.75) is 51.0 Å². The van der Waals surface area contributed by atoms with Crippen molar-refractivity contribution in [3.63, 3.8) is 0 Å². The van der Waals surface area contributed by atoms with Gasteiger partial charge in [0.15, 0.2) is 11.8 Å². The summed E-state index contributed by atoms with van der Waals surface area (Å²) in [5.74, 6) is -6.05. The van der Waals surface area contributed by atoms with Crippen LogP contribution in [0.2, 0.25) is 0 Å². The number of hydroxylamine groups is 2. The Morgan fingerprint density at radius 3 is 2.14 bits per heavy atom.